The summed E-state index contributed by atoms with van der Waals surface area (Å²) >= 11 is 5.55. The van der Waals surface area contributed by atoms with E-state index in [2.05, 4.69) is 4.74 Å². The Morgan fingerprint density at radius 2 is 1.83 bits per heavy atom. The van der Waals surface area contributed by atoms with Gasteiger partial charge < -0.3 is 9.47 Å². The molecule has 1 heterocycles. The predicted octanol–water partition coefficient (Wildman–Crippen LogP) is 2.73. The number of esters is 1. The van der Waals surface area contributed by atoms with Crippen molar-refractivity contribution in [2.24, 2.45) is 0 Å². The number of aromatic nitrogens is 3. The molecule has 1 aromatic heterocycles. The first-order valence-corrected chi connectivity index (χ1v) is 10.2. The minimum Gasteiger partial charge on any atom is -0.465 e. The number of carbonyl (C=O) groups excluding carboxylic acids is 1. The number of nitrogens with one attached hydrogen (secondary N) is 1. The molecule has 2 aromatic carbocycles. The number of nitrogens with zero attached hydrogens (tertiary/aromatic N) is 3. The summed E-state index contributed by atoms with van der Waals surface area (Å²) < 4.78 is 63.6. The van der Waals surface area contributed by atoms with Crippen LogP contribution in [0.3, 0.4) is 0 Å². The van der Waals surface area contributed by atoms with Crippen LogP contribution in [0.15, 0.2) is 44.7 Å². The maximum atomic E-state index is 14.0. The van der Waals surface area contributed by atoms with Crippen LogP contribution in [0.1, 0.15) is 18.1 Å². The topological polar surface area (TPSA) is 136 Å². The highest BCUT2D eigenvalue weighted by molar-refractivity contribution is 6.31. The van der Waals surface area contributed by atoms with Crippen LogP contribution in [0.25, 0.3) is 5.69 Å². The van der Waals surface area contributed by atoms with Gasteiger partial charge in [-0.3, -0.25) is 9.78 Å². The zero-order chi connectivity index (χ0) is 26.8. The van der Waals surface area contributed by atoms with E-state index in [1.807, 2.05) is 4.98 Å². The minimum atomic E-state index is -5.06. The molecule has 0 unspecified atom stereocenters. The van der Waals surface area contributed by atoms with E-state index in [9.17, 15) is 42.0 Å². The molecule has 0 spiro atoms. The van der Waals surface area contributed by atoms with Gasteiger partial charge in [0.2, 0.25) is 0 Å². The van der Waals surface area contributed by atoms with Gasteiger partial charge in [-0.1, -0.05) is 11.6 Å². The fraction of sp³-hybridized carbons (Fsp3) is 0.190. The number of alkyl halides is 3. The molecule has 0 amide bonds. The Bertz CT molecular complexity index is 1550. The van der Waals surface area contributed by atoms with Crippen molar-refractivity contribution in [1.82, 2.24) is 14.1 Å². The van der Waals surface area contributed by atoms with Gasteiger partial charge in [0, 0.05) is 18.2 Å². The molecule has 0 saturated carbocycles. The van der Waals surface area contributed by atoms with Crippen molar-refractivity contribution < 1.29 is 31.8 Å². The lowest BCUT2D eigenvalue weighted by atomic mass is 10.1. The Kier molecular flexibility index (Phi) is 7.35. The number of H-pyrrole nitrogens is 1. The normalized spacial score (nSPS) is 11.1. The van der Waals surface area contributed by atoms with E-state index >= 15 is 0 Å². The Hall–Kier alpha value is -4.38. The third-order valence-corrected chi connectivity index (χ3v) is 4.84. The van der Waals surface area contributed by atoms with Gasteiger partial charge >= 0.3 is 29.2 Å². The maximum Gasteiger partial charge on any atom is 0.420 e. The van der Waals surface area contributed by atoms with Crippen LogP contribution in [0.5, 0.6) is 11.5 Å². The van der Waals surface area contributed by atoms with E-state index in [1.165, 1.54) is 6.92 Å². The van der Waals surface area contributed by atoms with Gasteiger partial charge in [-0.25, -0.2) is 27.9 Å². The number of halogens is 5. The summed E-state index contributed by atoms with van der Waals surface area (Å²) in [7, 11) is 0. The Morgan fingerprint density at radius 1 is 1.14 bits per heavy atom. The molecule has 0 aliphatic heterocycles. The van der Waals surface area contributed by atoms with Crippen molar-refractivity contribution in [3.8, 4) is 23.3 Å². The fourth-order valence-corrected chi connectivity index (χ4v) is 3.37. The molecule has 0 aliphatic rings. The van der Waals surface area contributed by atoms with Crippen molar-refractivity contribution in [2.75, 3.05) is 6.61 Å². The zero-order valence-electron chi connectivity index (χ0n) is 18.0. The number of aromatic amines is 1. The van der Waals surface area contributed by atoms with Gasteiger partial charge in [-0.05, 0) is 19.1 Å². The Labute approximate surface area is 202 Å². The minimum absolute atomic E-state index is 0.0440. The number of hydrogen-bond acceptors (Lipinski definition) is 7. The summed E-state index contributed by atoms with van der Waals surface area (Å²) in [6.07, 6.45) is -5.06. The van der Waals surface area contributed by atoms with Gasteiger partial charge in [-0.15, -0.1) is 0 Å². The average molecular weight is 529 g/mol. The lowest BCUT2D eigenvalue weighted by Crippen LogP contribution is -2.50. The van der Waals surface area contributed by atoms with Crippen LogP contribution in [-0.4, -0.2) is 26.7 Å². The highest BCUT2D eigenvalue weighted by Gasteiger charge is 2.37. The molecule has 0 bridgehead atoms. The summed E-state index contributed by atoms with van der Waals surface area (Å²) in [6.45, 7) is 0.605. The van der Waals surface area contributed by atoms with Gasteiger partial charge in [-0.2, -0.15) is 18.4 Å². The van der Waals surface area contributed by atoms with Gasteiger partial charge in [0.15, 0.2) is 0 Å². The third-order valence-electron chi connectivity index (χ3n) is 4.54. The lowest BCUT2D eigenvalue weighted by Gasteiger charge is -2.14. The lowest BCUT2D eigenvalue weighted by molar-refractivity contribution is -0.144. The van der Waals surface area contributed by atoms with Gasteiger partial charge in [0.1, 0.15) is 35.5 Å². The molecule has 188 valence electrons. The molecule has 0 aliphatic carbocycles. The van der Waals surface area contributed by atoms with E-state index in [0.29, 0.717) is 21.3 Å². The van der Waals surface area contributed by atoms with Crippen LogP contribution < -0.4 is 21.8 Å². The monoisotopic (exact) mass is 528 g/mol. The van der Waals surface area contributed by atoms with E-state index in [0.717, 1.165) is 18.2 Å². The zero-order valence-corrected chi connectivity index (χ0v) is 18.7. The van der Waals surface area contributed by atoms with Crippen molar-refractivity contribution >= 4 is 17.6 Å². The largest absolute Gasteiger partial charge is 0.465 e. The molecule has 10 nitrogen and oxygen atoms in total. The SMILES string of the molecule is CCOC(=O)Cn1c(=O)[nH]c(=O)n(-c2cc(Oc3cc(F)c(C(F)(F)F)c(Cl)c3)ccc2C#N)c1=O. The van der Waals surface area contributed by atoms with Gasteiger partial charge in [0.05, 0.1) is 22.9 Å². The molecule has 3 rings (SSSR count). The second kappa shape index (κ2) is 10.1. The average Bonchev–Trinajstić information content (AvgIpc) is 2.75. The molecule has 1 N–H and O–H groups in total. The van der Waals surface area contributed by atoms with Crippen molar-refractivity contribution in [3.63, 3.8) is 0 Å². The number of rotatable bonds is 6. The molecular weight excluding hydrogens is 516 g/mol. The first-order valence-electron chi connectivity index (χ1n) is 9.77. The molecule has 0 atom stereocenters. The Morgan fingerprint density at radius 3 is 2.42 bits per heavy atom. The van der Waals surface area contributed by atoms with Crippen LogP contribution >= 0.6 is 11.6 Å². The van der Waals surface area contributed by atoms with Crippen molar-refractivity contribution in [1.29, 1.82) is 5.26 Å². The standard InChI is InChI=1S/C21H13ClF4N4O6/c1-2-35-16(31)9-29-18(32)28-19(33)30(20(29)34)15-7-11(4-3-10(15)8-27)36-12-5-13(22)17(14(23)6-12)21(24,25)26/h3-7H,2,9H2,1H3,(H,28,32,33). The molecule has 3 aromatic rings. The summed E-state index contributed by atoms with van der Waals surface area (Å²) in [6, 6.07) is 6.06. The quantitative estimate of drug-likeness (QED) is 0.384. The Balaban J connectivity index is 2.12. The van der Waals surface area contributed by atoms with Crippen LogP contribution in [-0.2, 0) is 22.3 Å². The smallest absolute Gasteiger partial charge is 0.420 e. The number of hydrogen-bond donors (Lipinski definition) is 1. The third kappa shape index (κ3) is 5.31. The predicted molar refractivity (Wildman–Crippen MR) is 115 cm³/mol. The van der Waals surface area contributed by atoms with E-state index < -0.39 is 63.6 Å². The highest BCUT2D eigenvalue weighted by Crippen LogP contribution is 2.39. The van der Waals surface area contributed by atoms with Gasteiger partial charge in [0.25, 0.3) is 0 Å². The first-order chi connectivity index (χ1) is 16.9. The van der Waals surface area contributed by atoms with Crippen molar-refractivity contribution in [2.45, 2.75) is 19.6 Å². The van der Waals surface area contributed by atoms with E-state index in [1.54, 1.807) is 6.07 Å². The number of benzene rings is 2. The highest BCUT2D eigenvalue weighted by atomic mass is 35.5. The second-order valence-electron chi connectivity index (χ2n) is 6.90. The summed E-state index contributed by atoms with van der Waals surface area (Å²) in [4.78, 5) is 51.0. The van der Waals surface area contributed by atoms with Crippen LogP contribution in [0.2, 0.25) is 5.02 Å². The molecule has 15 heteroatoms. The fourth-order valence-electron chi connectivity index (χ4n) is 3.07. The summed E-state index contributed by atoms with van der Waals surface area (Å²) in [5, 5.41) is 8.44. The number of carbonyl (C=O) groups is 1. The summed E-state index contributed by atoms with van der Waals surface area (Å²) in [5.74, 6) is -3.37. The van der Waals surface area contributed by atoms with E-state index in [-0.39, 0.29) is 17.9 Å². The molecule has 0 radical (unpaired) electrons. The second-order valence-corrected chi connectivity index (χ2v) is 7.30. The molecule has 0 fully saturated rings. The number of ether oxygens (including phenoxy) is 2. The van der Waals surface area contributed by atoms with E-state index in [4.69, 9.17) is 16.3 Å². The molecule has 36 heavy (non-hydrogen) atoms. The number of nitriles is 1. The molecule has 0 saturated heterocycles. The summed E-state index contributed by atoms with van der Waals surface area (Å²) in [5.41, 5.74) is -6.13. The first kappa shape index (κ1) is 26.2. The maximum absolute atomic E-state index is 14.0. The van der Waals surface area contributed by atoms with Crippen LogP contribution in [0.4, 0.5) is 17.6 Å². The van der Waals surface area contributed by atoms with Crippen LogP contribution in [0, 0.1) is 17.1 Å². The van der Waals surface area contributed by atoms with Crippen molar-refractivity contribution in [3.05, 3.63) is 83.8 Å². The molecular formula is C21H13ClF4N4O6.